The summed E-state index contributed by atoms with van der Waals surface area (Å²) in [6, 6.07) is 0. The van der Waals surface area contributed by atoms with Gasteiger partial charge in [0.05, 0.1) is 48.9 Å². The zero-order valence-electron chi connectivity index (χ0n) is 7.66. The summed E-state index contributed by atoms with van der Waals surface area (Å²) in [7, 11) is 2.97. The Bertz CT molecular complexity index is 86.6. The molecule has 0 aliphatic heterocycles. The first-order valence-electron chi connectivity index (χ1n) is 3.96. The van der Waals surface area contributed by atoms with Crippen LogP contribution in [-0.4, -0.2) is 46.8 Å². The van der Waals surface area contributed by atoms with Crippen molar-refractivity contribution in [3.05, 3.63) is 0 Å². The molecule has 0 fully saturated rings. The Morgan fingerprint density at radius 2 is 1.46 bits per heavy atom. The molecule has 0 aromatic carbocycles. The predicted octanol–water partition coefficient (Wildman–Crippen LogP) is 1.68. The van der Waals surface area contributed by atoms with Gasteiger partial charge in [-0.15, -0.1) is 0 Å². The Morgan fingerprint density at radius 1 is 0.923 bits per heavy atom. The number of ether oxygens (including phenoxy) is 3. The maximum Gasteiger partial charge on any atom is 0.0857 e. The van der Waals surface area contributed by atoms with Gasteiger partial charge < -0.3 is 18.4 Å². The zero-order chi connectivity index (χ0) is 9.78. The SMILES string of the molecule is COCCOCCOCCOSI. The van der Waals surface area contributed by atoms with E-state index in [0.29, 0.717) is 39.6 Å². The molecule has 0 rings (SSSR count). The van der Waals surface area contributed by atoms with Crippen LogP contribution in [0, 0.1) is 0 Å². The average Bonchev–Trinajstić information content (AvgIpc) is 2.16. The summed E-state index contributed by atoms with van der Waals surface area (Å²) in [6.45, 7) is 3.71. The van der Waals surface area contributed by atoms with Crippen molar-refractivity contribution in [3.8, 4) is 0 Å². The van der Waals surface area contributed by atoms with Gasteiger partial charge in [-0.3, -0.25) is 0 Å². The first kappa shape index (κ1) is 13.9. The molecule has 0 saturated carbocycles. The van der Waals surface area contributed by atoms with E-state index in [1.54, 1.807) is 7.11 Å². The van der Waals surface area contributed by atoms with Crippen LogP contribution >= 0.6 is 30.4 Å². The molecule has 0 saturated heterocycles. The van der Waals surface area contributed by atoms with E-state index in [2.05, 4.69) is 21.2 Å². The lowest BCUT2D eigenvalue weighted by Crippen LogP contribution is -2.10. The van der Waals surface area contributed by atoms with Gasteiger partial charge in [-0.1, -0.05) is 0 Å². The van der Waals surface area contributed by atoms with Crippen LogP contribution in [0.25, 0.3) is 0 Å². The molecule has 80 valence electrons. The van der Waals surface area contributed by atoms with Crippen molar-refractivity contribution in [2.24, 2.45) is 0 Å². The summed E-state index contributed by atoms with van der Waals surface area (Å²) < 4.78 is 20.2. The average molecular weight is 322 g/mol. The second-order valence-corrected chi connectivity index (χ2v) is 3.54. The lowest BCUT2D eigenvalue weighted by Gasteiger charge is -2.04. The molecule has 0 atom stereocenters. The monoisotopic (exact) mass is 322 g/mol. The summed E-state index contributed by atoms with van der Waals surface area (Å²) in [5.74, 6) is 0. The van der Waals surface area contributed by atoms with Crippen LogP contribution < -0.4 is 0 Å². The third-order valence-electron chi connectivity index (χ3n) is 1.16. The molecule has 0 unspecified atom stereocenters. The quantitative estimate of drug-likeness (QED) is 0.347. The lowest BCUT2D eigenvalue weighted by molar-refractivity contribution is 0.0194. The van der Waals surface area contributed by atoms with Crippen molar-refractivity contribution >= 4 is 30.4 Å². The molecule has 0 aromatic heterocycles. The normalized spacial score (nSPS) is 10.6. The highest BCUT2D eigenvalue weighted by Gasteiger charge is 1.90. The summed E-state index contributed by atoms with van der Waals surface area (Å²) >= 11 is 2.07. The molecular formula is C7H15IO4S. The first-order valence-corrected chi connectivity index (χ1v) is 7.25. The van der Waals surface area contributed by atoms with E-state index >= 15 is 0 Å². The second kappa shape index (κ2) is 12.9. The van der Waals surface area contributed by atoms with Crippen molar-refractivity contribution in [1.82, 2.24) is 0 Å². The van der Waals surface area contributed by atoms with E-state index in [9.17, 15) is 0 Å². The van der Waals surface area contributed by atoms with E-state index in [-0.39, 0.29) is 0 Å². The van der Waals surface area contributed by atoms with E-state index in [0.717, 1.165) is 0 Å². The van der Waals surface area contributed by atoms with E-state index in [1.165, 1.54) is 9.21 Å². The van der Waals surface area contributed by atoms with Crippen molar-refractivity contribution < 1.29 is 18.4 Å². The summed E-state index contributed by atoms with van der Waals surface area (Å²) in [5.41, 5.74) is 0. The molecule has 0 amide bonds. The number of hydrogen-bond donors (Lipinski definition) is 0. The van der Waals surface area contributed by atoms with Crippen molar-refractivity contribution in [3.63, 3.8) is 0 Å². The molecule has 0 spiro atoms. The standard InChI is InChI=1S/C7H15IO4S/c1-9-2-3-10-4-5-11-6-7-12-13-8/h2-7H2,1H3. The Labute approximate surface area is 95.4 Å². The molecule has 0 bridgehead atoms. The third kappa shape index (κ3) is 12.9. The molecule has 4 nitrogen and oxygen atoms in total. The van der Waals surface area contributed by atoms with Gasteiger partial charge in [0, 0.05) is 28.3 Å². The fraction of sp³-hybridized carbons (Fsp3) is 1.00. The maximum absolute atomic E-state index is 5.21. The minimum absolute atomic E-state index is 0.610. The van der Waals surface area contributed by atoms with Gasteiger partial charge in [0.1, 0.15) is 0 Å². The van der Waals surface area contributed by atoms with Crippen LogP contribution in [0.15, 0.2) is 0 Å². The van der Waals surface area contributed by atoms with Crippen LogP contribution in [0.3, 0.4) is 0 Å². The molecule has 0 aromatic rings. The maximum atomic E-state index is 5.21. The molecular weight excluding hydrogens is 307 g/mol. The summed E-state index contributed by atoms with van der Waals surface area (Å²) in [6.07, 6.45) is 0. The van der Waals surface area contributed by atoms with Gasteiger partial charge in [-0.05, 0) is 0 Å². The summed E-state index contributed by atoms with van der Waals surface area (Å²) in [5, 5.41) is 0. The van der Waals surface area contributed by atoms with Crippen LogP contribution in [0.4, 0.5) is 0 Å². The third-order valence-corrected chi connectivity index (χ3v) is 2.18. The van der Waals surface area contributed by atoms with E-state index in [1.807, 2.05) is 0 Å². The minimum atomic E-state index is 0.610. The number of rotatable bonds is 10. The van der Waals surface area contributed by atoms with Gasteiger partial charge in [0.15, 0.2) is 0 Å². The van der Waals surface area contributed by atoms with Crippen LogP contribution in [0.2, 0.25) is 0 Å². The lowest BCUT2D eigenvalue weighted by atomic mass is 10.7. The highest BCUT2D eigenvalue weighted by Crippen LogP contribution is 2.10. The van der Waals surface area contributed by atoms with E-state index in [4.69, 9.17) is 18.4 Å². The number of halogens is 1. The summed E-state index contributed by atoms with van der Waals surface area (Å²) in [4.78, 5) is 0. The van der Waals surface area contributed by atoms with Gasteiger partial charge in [0.2, 0.25) is 0 Å². The first-order chi connectivity index (χ1) is 6.41. The highest BCUT2D eigenvalue weighted by atomic mass is 127. The fourth-order valence-corrected chi connectivity index (χ4v) is 1.26. The largest absolute Gasteiger partial charge is 0.382 e. The minimum Gasteiger partial charge on any atom is -0.382 e. The number of hydrogen-bond acceptors (Lipinski definition) is 5. The van der Waals surface area contributed by atoms with E-state index < -0.39 is 0 Å². The Kier molecular flexibility index (Phi) is 13.8. The topological polar surface area (TPSA) is 36.9 Å². The highest BCUT2D eigenvalue weighted by molar-refractivity contribution is 14.2. The van der Waals surface area contributed by atoms with Crippen LogP contribution in [0.5, 0.6) is 0 Å². The molecule has 0 aliphatic rings. The van der Waals surface area contributed by atoms with Gasteiger partial charge >= 0.3 is 0 Å². The fourth-order valence-electron chi connectivity index (χ4n) is 0.589. The molecule has 0 aliphatic carbocycles. The van der Waals surface area contributed by atoms with Crippen molar-refractivity contribution in [1.29, 1.82) is 0 Å². The van der Waals surface area contributed by atoms with Crippen LogP contribution in [-0.2, 0) is 18.4 Å². The number of methoxy groups -OCH3 is 1. The molecule has 6 heteroatoms. The van der Waals surface area contributed by atoms with Gasteiger partial charge in [0.25, 0.3) is 0 Å². The Balaban J connectivity index is 2.76. The molecule has 0 radical (unpaired) electrons. The molecule has 0 heterocycles. The van der Waals surface area contributed by atoms with Crippen molar-refractivity contribution in [2.75, 3.05) is 46.8 Å². The van der Waals surface area contributed by atoms with Gasteiger partial charge in [-0.25, -0.2) is 0 Å². The van der Waals surface area contributed by atoms with Crippen molar-refractivity contribution in [2.45, 2.75) is 0 Å². The Morgan fingerprint density at radius 3 is 2.00 bits per heavy atom. The Hall–Kier alpha value is 0.920. The second-order valence-electron chi connectivity index (χ2n) is 2.10. The smallest absolute Gasteiger partial charge is 0.0857 e. The zero-order valence-corrected chi connectivity index (χ0v) is 10.6. The molecule has 0 N–H and O–H groups in total. The van der Waals surface area contributed by atoms with Gasteiger partial charge in [-0.2, -0.15) is 0 Å². The predicted molar refractivity (Wildman–Crippen MR) is 61.1 cm³/mol. The van der Waals surface area contributed by atoms with Crippen LogP contribution in [0.1, 0.15) is 0 Å². The molecule has 13 heavy (non-hydrogen) atoms.